The average Bonchev–Trinajstić information content (AvgIpc) is 2.20. The largest absolute Gasteiger partial charge is 0.350 e. The second-order valence-corrected chi connectivity index (χ2v) is 5.91. The number of carbonyl (C=O) groups excluding carboxylic acids is 1. The fourth-order valence-corrected chi connectivity index (χ4v) is 2.25. The molecule has 2 nitrogen and oxygen atoms in total. The van der Waals surface area contributed by atoms with Crippen LogP contribution < -0.4 is 5.32 Å². The number of hydrogen-bond donors (Lipinski definition) is 1. The van der Waals surface area contributed by atoms with E-state index in [1.807, 2.05) is 13.8 Å². The number of halogens is 2. The van der Waals surface area contributed by atoms with Crippen LogP contribution in [0.2, 0.25) is 0 Å². The van der Waals surface area contributed by atoms with Crippen LogP contribution in [-0.4, -0.2) is 16.8 Å². The molecule has 0 saturated carbocycles. The third-order valence-electron chi connectivity index (χ3n) is 2.50. The van der Waals surface area contributed by atoms with E-state index in [0.29, 0.717) is 10.4 Å². The van der Waals surface area contributed by atoms with Crippen LogP contribution in [0, 0.1) is 12.7 Å². The minimum atomic E-state index is -0.387. The van der Waals surface area contributed by atoms with Crippen molar-refractivity contribution < 1.29 is 9.18 Å². The van der Waals surface area contributed by atoms with Gasteiger partial charge in [-0.1, -0.05) is 28.9 Å². The molecule has 0 spiro atoms. The molecule has 1 rings (SSSR count). The van der Waals surface area contributed by atoms with Crippen molar-refractivity contribution >= 4 is 21.8 Å². The molecule has 0 aliphatic carbocycles. The normalized spacial score (nSPS) is 14.2. The zero-order valence-electron chi connectivity index (χ0n) is 10.3. The van der Waals surface area contributed by atoms with Gasteiger partial charge in [-0.25, -0.2) is 4.39 Å². The quantitative estimate of drug-likeness (QED) is 0.848. The van der Waals surface area contributed by atoms with Crippen LogP contribution in [0.15, 0.2) is 18.2 Å². The van der Waals surface area contributed by atoms with Gasteiger partial charge in [-0.3, -0.25) is 4.79 Å². The molecule has 94 valence electrons. The monoisotopic (exact) mass is 301 g/mol. The molecule has 1 amide bonds. The van der Waals surface area contributed by atoms with Crippen molar-refractivity contribution in [3.05, 3.63) is 35.1 Å². The Bertz CT molecular complexity index is 406. The number of alkyl halides is 1. The molecule has 2 unspecified atom stereocenters. The van der Waals surface area contributed by atoms with E-state index in [0.717, 1.165) is 12.0 Å². The van der Waals surface area contributed by atoms with Gasteiger partial charge < -0.3 is 5.32 Å². The summed E-state index contributed by atoms with van der Waals surface area (Å²) < 4.78 is 13.1. The van der Waals surface area contributed by atoms with Gasteiger partial charge in [0.25, 0.3) is 5.91 Å². The van der Waals surface area contributed by atoms with Crippen molar-refractivity contribution in [1.29, 1.82) is 0 Å². The van der Waals surface area contributed by atoms with E-state index in [-0.39, 0.29) is 17.8 Å². The Morgan fingerprint density at radius 3 is 2.71 bits per heavy atom. The van der Waals surface area contributed by atoms with Crippen LogP contribution in [0.5, 0.6) is 0 Å². The number of carbonyl (C=O) groups is 1. The first-order valence-electron chi connectivity index (χ1n) is 5.61. The maximum absolute atomic E-state index is 13.1. The Kier molecular flexibility index (Phi) is 5.12. The Morgan fingerprint density at radius 2 is 2.12 bits per heavy atom. The molecule has 1 N–H and O–H groups in total. The van der Waals surface area contributed by atoms with E-state index in [4.69, 9.17) is 0 Å². The first kappa shape index (κ1) is 14.2. The van der Waals surface area contributed by atoms with E-state index in [9.17, 15) is 9.18 Å². The van der Waals surface area contributed by atoms with E-state index in [2.05, 4.69) is 21.2 Å². The molecule has 0 fully saturated rings. The molecule has 0 heterocycles. The van der Waals surface area contributed by atoms with Crippen molar-refractivity contribution in [3.63, 3.8) is 0 Å². The fraction of sp³-hybridized carbons (Fsp3) is 0.462. The smallest absolute Gasteiger partial charge is 0.251 e. The lowest BCUT2D eigenvalue weighted by molar-refractivity contribution is 0.0937. The average molecular weight is 302 g/mol. The van der Waals surface area contributed by atoms with Crippen LogP contribution in [-0.2, 0) is 0 Å². The molecule has 0 saturated heterocycles. The maximum atomic E-state index is 13.1. The van der Waals surface area contributed by atoms with Crippen LogP contribution in [0.25, 0.3) is 0 Å². The van der Waals surface area contributed by atoms with Gasteiger partial charge >= 0.3 is 0 Å². The van der Waals surface area contributed by atoms with Crippen LogP contribution in [0.1, 0.15) is 36.2 Å². The molecule has 0 aliphatic heterocycles. The summed E-state index contributed by atoms with van der Waals surface area (Å²) in [6.07, 6.45) is 0.833. The summed E-state index contributed by atoms with van der Waals surface area (Å²) in [5.41, 5.74) is 1.18. The highest BCUT2D eigenvalue weighted by Gasteiger charge is 2.13. The molecule has 0 aromatic heterocycles. The summed E-state index contributed by atoms with van der Waals surface area (Å²) >= 11 is 3.44. The van der Waals surface area contributed by atoms with Gasteiger partial charge in [-0.15, -0.1) is 0 Å². The van der Waals surface area contributed by atoms with Gasteiger partial charge in [0.05, 0.1) is 0 Å². The van der Waals surface area contributed by atoms with Crippen LogP contribution in [0.4, 0.5) is 4.39 Å². The van der Waals surface area contributed by atoms with Gasteiger partial charge in [0.2, 0.25) is 0 Å². The Labute approximate surface area is 110 Å². The number of aryl methyl sites for hydroxylation is 1. The minimum absolute atomic E-state index is 0.0551. The Morgan fingerprint density at radius 1 is 1.47 bits per heavy atom. The van der Waals surface area contributed by atoms with E-state index in [1.54, 1.807) is 13.0 Å². The van der Waals surface area contributed by atoms with Crippen molar-refractivity contribution in [3.8, 4) is 0 Å². The lowest BCUT2D eigenvalue weighted by Gasteiger charge is -2.16. The zero-order chi connectivity index (χ0) is 13.0. The molecule has 2 atom stereocenters. The second kappa shape index (κ2) is 6.15. The predicted octanol–water partition coefficient (Wildman–Crippen LogP) is 3.43. The lowest BCUT2D eigenvalue weighted by Crippen LogP contribution is -2.34. The fourth-order valence-electron chi connectivity index (χ4n) is 1.69. The Hall–Kier alpha value is -0.900. The molecule has 0 aliphatic rings. The van der Waals surface area contributed by atoms with Gasteiger partial charge in [-0.05, 0) is 38.0 Å². The predicted molar refractivity (Wildman–Crippen MR) is 71.1 cm³/mol. The molecule has 1 aromatic rings. The van der Waals surface area contributed by atoms with Crippen LogP contribution >= 0.6 is 15.9 Å². The standard InChI is InChI=1S/C13H17BrFNO/c1-8-4-5-11(15)7-12(8)13(17)16-10(3)6-9(2)14/h4-5,7,9-10H,6H2,1-3H3,(H,16,17). The molecule has 0 bridgehead atoms. The second-order valence-electron chi connectivity index (χ2n) is 4.35. The first-order chi connectivity index (χ1) is 7.90. The molecule has 4 heteroatoms. The van der Waals surface area contributed by atoms with Gasteiger partial charge in [0.15, 0.2) is 0 Å². The molecule has 0 radical (unpaired) electrons. The van der Waals surface area contributed by atoms with Crippen molar-refractivity contribution in [2.45, 2.75) is 38.1 Å². The molecular formula is C13H17BrFNO. The molecular weight excluding hydrogens is 285 g/mol. The number of amides is 1. The number of benzene rings is 1. The summed E-state index contributed by atoms with van der Waals surface area (Å²) in [6.45, 7) is 5.76. The summed E-state index contributed by atoms with van der Waals surface area (Å²) in [4.78, 5) is 12.3. The Balaban J connectivity index is 2.73. The minimum Gasteiger partial charge on any atom is -0.350 e. The van der Waals surface area contributed by atoms with E-state index >= 15 is 0 Å². The number of rotatable bonds is 4. The van der Waals surface area contributed by atoms with E-state index in [1.165, 1.54) is 12.1 Å². The highest BCUT2D eigenvalue weighted by Crippen LogP contribution is 2.12. The third kappa shape index (κ3) is 4.46. The van der Waals surface area contributed by atoms with Crippen molar-refractivity contribution in [2.75, 3.05) is 0 Å². The zero-order valence-corrected chi connectivity index (χ0v) is 11.8. The summed E-state index contributed by atoms with van der Waals surface area (Å²) in [5.74, 6) is -0.607. The highest BCUT2D eigenvalue weighted by atomic mass is 79.9. The topological polar surface area (TPSA) is 29.1 Å². The first-order valence-corrected chi connectivity index (χ1v) is 6.52. The summed E-state index contributed by atoms with van der Waals surface area (Å²) in [5, 5.41) is 2.86. The summed E-state index contributed by atoms with van der Waals surface area (Å²) in [6, 6.07) is 4.30. The number of nitrogens with one attached hydrogen (secondary N) is 1. The highest BCUT2D eigenvalue weighted by molar-refractivity contribution is 9.09. The summed E-state index contributed by atoms with van der Waals surface area (Å²) in [7, 11) is 0. The third-order valence-corrected chi connectivity index (χ3v) is 2.87. The van der Waals surface area contributed by atoms with E-state index < -0.39 is 0 Å². The van der Waals surface area contributed by atoms with Crippen LogP contribution in [0.3, 0.4) is 0 Å². The van der Waals surface area contributed by atoms with Gasteiger partial charge in [-0.2, -0.15) is 0 Å². The van der Waals surface area contributed by atoms with Gasteiger partial charge in [0, 0.05) is 16.4 Å². The van der Waals surface area contributed by atoms with Gasteiger partial charge in [0.1, 0.15) is 5.82 Å². The lowest BCUT2D eigenvalue weighted by atomic mass is 10.1. The van der Waals surface area contributed by atoms with Crippen molar-refractivity contribution in [1.82, 2.24) is 5.32 Å². The SMILES string of the molecule is Cc1ccc(F)cc1C(=O)NC(C)CC(C)Br. The van der Waals surface area contributed by atoms with Crippen molar-refractivity contribution in [2.24, 2.45) is 0 Å². The molecule has 1 aromatic carbocycles. The molecule has 17 heavy (non-hydrogen) atoms. The number of hydrogen-bond acceptors (Lipinski definition) is 1. The maximum Gasteiger partial charge on any atom is 0.251 e.